The van der Waals surface area contributed by atoms with E-state index in [1.165, 1.54) is 0 Å². The van der Waals surface area contributed by atoms with Crippen molar-refractivity contribution in [1.29, 1.82) is 5.41 Å². The fourth-order valence-corrected chi connectivity index (χ4v) is 2.37. The lowest BCUT2D eigenvalue weighted by molar-refractivity contribution is -0.141. The average molecular weight is 284 g/mol. The lowest BCUT2D eigenvalue weighted by Gasteiger charge is -2.33. The van der Waals surface area contributed by atoms with Gasteiger partial charge in [0.05, 0.1) is 5.92 Å². The number of halogens is 1. The van der Waals surface area contributed by atoms with E-state index in [0.717, 1.165) is 18.7 Å². The largest absolute Gasteiger partial charge is 0.481 e. The standard InChI is InChI=1S/C13H17N3O2.ClH/c14-12(15)10-5-1-2-6-11(10)16-7-3-4-9(8-16)13(17)18;/h1-2,5-6,9H,3-4,7-8H2,(H3,14,15)(H,17,18);1H. The molecule has 2 rings (SSSR count). The number of para-hydroxylation sites is 1. The van der Waals surface area contributed by atoms with Gasteiger partial charge in [-0.05, 0) is 25.0 Å². The fourth-order valence-electron chi connectivity index (χ4n) is 2.37. The molecule has 5 nitrogen and oxygen atoms in total. The highest BCUT2D eigenvalue weighted by Gasteiger charge is 2.26. The molecule has 0 spiro atoms. The number of nitrogens with zero attached hydrogens (tertiary/aromatic N) is 1. The van der Waals surface area contributed by atoms with Crippen LogP contribution in [0.2, 0.25) is 0 Å². The van der Waals surface area contributed by atoms with Gasteiger partial charge in [0.15, 0.2) is 0 Å². The zero-order valence-electron chi connectivity index (χ0n) is 10.5. The first-order valence-corrected chi connectivity index (χ1v) is 6.00. The van der Waals surface area contributed by atoms with E-state index in [2.05, 4.69) is 0 Å². The number of carbonyl (C=O) groups is 1. The van der Waals surface area contributed by atoms with Gasteiger partial charge in [-0.3, -0.25) is 10.2 Å². The van der Waals surface area contributed by atoms with E-state index in [-0.39, 0.29) is 24.2 Å². The smallest absolute Gasteiger partial charge is 0.308 e. The Labute approximate surface area is 118 Å². The predicted molar refractivity (Wildman–Crippen MR) is 77.3 cm³/mol. The normalized spacial score (nSPS) is 18.5. The van der Waals surface area contributed by atoms with Crippen LogP contribution in [0.1, 0.15) is 18.4 Å². The molecule has 0 aliphatic carbocycles. The number of nitrogens with one attached hydrogen (secondary N) is 1. The number of carboxylic acid groups (broad SMARTS) is 1. The van der Waals surface area contributed by atoms with Crippen molar-refractivity contribution in [3.8, 4) is 0 Å². The van der Waals surface area contributed by atoms with E-state index in [1.54, 1.807) is 6.07 Å². The molecule has 0 saturated carbocycles. The van der Waals surface area contributed by atoms with E-state index < -0.39 is 5.97 Å². The first-order chi connectivity index (χ1) is 8.59. The van der Waals surface area contributed by atoms with Crippen LogP contribution < -0.4 is 10.6 Å². The first-order valence-electron chi connectivity index (χ1n) is 6.00. The van der Waals surface area contributed by atoms with Crippen LogP contribution in [0.15, 0.2) is 24.3 Å². The third-order valence-electron chi connectivity index (χ3n) is 3.31. The maximum atomic E-state index is 11.1. The molecule has 1 heterocycles. The van der Waals surface area contributed by atoms with E-state index >= 15 is 0 Å². The molecule has 0 amide bonds. The van der Waals surface area contributed by atoms with Gasteiger partial charge in [-0.25, -0.2) is 0 Å². The Kier molecular flexibility index (Phi) is 5.18. The molecule has 1 aromatic carbocycles. The number of nitrogen functional groups attached to an aromatic ring is 1. The molecule has 4 N–H and O–H groups in total. The quantitative estimate of drug-likeness (QED) is 0.582. The Morgan fingerprint density at radius 2 is 2.11 bits per heavy atom. The molecule has 0 radical (unpaired) electrons. The molecule has 6 heteroatoms. The number of carboxylic acids is 1. The number of hydrogen-bond donors (Lipinski definition) is 3. The van der Waals surface area contributed by atoms with Crippen LogP contribution in [0.5, 0.6) is 0 Å². The zero-order valence-corrected chi connectivity index (χ0v) is 11.3. The van der Waals surface area contributed by atoms with Gasteiger partial charge in [-0.1, -0.05) is 12.1 Å². The van der Waals surface area contributed by atoms with Crippen molar-refractivity contribution >= 4 is 29.9 Å². The van der Waals surface area contributed by atoms with Crippen molar-refractivity contribution in [2.24, 2.45) is 11.7 Å². The molecular weight excluding hydrogens is 266 g/mol. The lowest BCUT2D eigenvalue weighted by Crippen LogP contribution is -2.39. The Balaban J connectivity index is 0.00000180. The molecule has 1 aliphatic heterocycles. The summed E-state index contributed by atoms with van der Waals surface area (Å²) in [4.78, 5) is 13.1. The second-order valence-electron chi connectivity index (χ2n) is 4.55. The summed E-state index contributed by atoms with van der Waals surface area (Å²) in [5.41, 5.74) is 7.08. The predicted octanol–water partition coefficient (Wildman–Crippen LogP) is 1.69. The number of anilines is 1. The summed E-state index contributed by atoms with van der Waals surface area (Å²) in [6, 6.07) is 7.40. The maximum absolute atomic E-state index is 11.1. The van der Waals surface area contributed by atoms with E-state index in [1.807, 2.05) is 23.1 Å². The fraction of sp³-hybridized carbons (Fsp3) is 0.385. The molecule has 0 bridgehead atoms. The summed E-state index contributed by atoms with van der Waals surface area (Å²) in [6.07, 6.45) is 1.57. The SMILES string of the molecule is Cl.N=C(N)c1ccccc1N1CCCC(C(=O)O)C1. The van der Waals surface area contributed by atoms with E-state index in [0.29, 0.717) is 18.5 Å². The van der Waals surface area contributed by atoms with Gasteiger partial charge in [-0.15, -0.1) is 12.4 Å². The van der Waals surface area contributed by atoms with Crippen molar-refractivity contribution < 1.29 is 9.90 Å². The summed E-state index contributed by atoms with van der Waals surface area (Å²) < 4.78 is 0. The molecule has 19 heavy (non-hydrogen) atoms. The van der Waals surface area contributed by atoms with Gasteiger partial charge < -0.3 is 15.7 Å². The summed E-state index contributed by atoms with van der Waals surface area (Å²) in [6.45, 7) is 1.30. The summed E-state index contributed by atoms with van der Waals surface area (Å²) in [5.74, 6) is -1.07. The summed E-state index contributed by atoms with van der Waals surface area (Å²) in [5, 5.41) is 16.7. The highest BCUT2D eigenvalue weighted by Crippen LogP contribution is 2.26. The molecule has 1 unspecified atom stereocenters. The van der Waals surface area contributed by atoms with Crippen molar-refractivity contribution in [1.82, 2.24) is 0 Å². The number of amidine groups is 1. The minimum Gasteiger partial charge on any atom is -0.481 e. The number of piperidine rings is 1. The van der Waals surface area contributed by atoms with Gasteiger partial charge in [0.2, 0.25) is 0 Å². The van der Waals surface area contributed by atoms with Crippen LogP contribution in [0.4, 0.5) is 5.69 Å². The van der Waals surface area contributed by atoms with Crippen molar-refractivity contribution in [2.45, 2.75) is 12.8 Å². The molecule has 1 saturated heterocycles. The Morgan fingerprint density at radius 3 is 2.74 bits per heavy atom. The van der Waals surface area contributed by atoms with E-state index in [9.17, 15) is 4.79 Å². The number of hydrogen-bond acceptors (Lipinski definition) is 3. The zero-order chi connectivity index (χ0) is 13.1. The monoisotopic (exact) mass is 283 g/mol. The molecule has 1 fully saturated rings. The Morgan fingerprint density at radius 1 is 1.42 bits per heavy atom. The lowest BCUT2D eigenvalue weighted by atomic mass is 9.97. The number of rotatable bonds is 3. The van der Waals surface area contributed by atoms with E-state index in [4.69, 9.17) is 16.2 Å². The van der Waals surface area contributed by atoms with Crippen LogP contribution in [0, 0.1) is 11.3 Å². The molecular formula is C13H18ClN3O2. The molecule has 104 valence electrons. The van der Waals surface area contributed by atoms with Crippen molar-refractivity contribution in [2.75, 3.05) is 18.0 Å². The van der Waals surface area contributed by atoms with Crippen LogP contribution in [-0.4, -0.2) is 30.0 Å². The van der Waals surface area contributed by atoms with Crippen molar-refractivity contribution in [3.05, 3.63) is 29.8 Å². The van der Waals surface area contributed by atoms with Gasteiger partial charge >= 0.3 is 5.97 Å². The van der Waals surface area contributed by atoms with Crippen molar-refractivity contribution in [3.63, 3.8) is 0 Å². The topological polar surface area (TPSA) is 90.4 Å². The summed E-state index contributed by atoms with van der Waals surface area (Å²) >= 11 is 0. The van der Waals surface area contributed by atoms with Gasteiger partial charge in [0, 0.05) is 24.3 Å². The Bertz CT molecular complexity index is 479. The van der Waals surface area contributed by atoms with Crippen LogP contribution in [-0.2, 0) is 4.79 Å². The molecule has 1 aromatic rings. The summed E-state index contributed by atoms with van der Waals surface area (Å²) in [7, 11) is 0. The molecule has 1 aliphatic rings. The third-order valence-corrected chi connectivity index (χ3v) is 3.31. The second kappa shape index (κ2) is 6.43. The average Bonchev–Trinajstić information content (AvgIpc) is 2.39. The van der Waals surface area contributed by atoms with Crippen LogP contribution in [0.3, 0.4) is 0 Å². The number of benzene rings is 1. The minimum atomic E-state index is -0.750. The number of nitrogens with two attached hydrogens (primary N) is 1. The third kappa shape index (κ3) is 3.38. The molecule has 1 atom stereocenters. The molecule has 0 aromatic heterocycles. The van der Waals surface area contributed by atoms with Gasteiger partial charge in [0.1, 0.15) is 5.84 Å². The van der Waals surface area contributed by atoms with Crippen LogP contribution >= 0.6 is 12.4 Å². The highest BCUT2D eigenvalue weighted by molar-refractivity contribution is 6.00. The first kappa shape index (κ1) is 15.3. The number of aliphatic carboxylic acids is 1. The van der Waals surface area contributed by atoms with Gasteiger partial charge in [-0.2, -0.15) is 0 Å². The van der Waals surface area contributed by atoms with Crippen LogP contribution in [0.25, 0.3) is 0 Å². The minimum absolute atomic E-state index is 0. The Hall–Kier alpha value is -1.75. The highest BCUT2D eigenvalue weighted by atomic mass is 35.5. The maximum Gasteiger partial charge on any atom is 0.308 e. The second-order valence-corrected chi connectivity index (χ2v) is 4.55. The van der Waals surface area contributed by atoms with Gasteiger partial charge in [0.25, 0.3) is 0 Å².